The average Bonchev–Trinajstić information content (AvgIpc) is 3.56. The molecule has 0 aromatic heterocycles. The van der Waals surface area contributed by atoms with Gasteiger partial charge in [-0.1, -0.05) is 79.9 Å². The molecule has 1 saturated heterocycles. The molecule has 0 amide bonds. The molecule has 3 aliphatic rings. The summed E-state index contributed by atoms with van der Waals surface area (Å²) in [6.45, 7) is 0. The summed E-state index contributed by atoms with van der Waals surface area (Å²) in [5.41, 5.74) is 4.99. The van der Waals surface area contributed by atoms with Gasteiger partial charge in [0.05, 0.1) is 15.9 Å². The summed E-state index contributed by atoms with van der Waals surface area (Å²) >= 11 is 16.6. The van der Waals surface area contributed by atoms with E-state index in [1.807, 2.05) is 60.7 Å². The van der Waals surface area contributed by atoms with Crippen LogP contribution in [0.5, 0.6) is 0 Å². The van der Waals surface area contributed by atoms with Gasteiger partial charge in [-0.05, 0) is 53.1 Å². The van der Waals surface area contributed by atoms with E-state index in [0.717, 1.165) is 47.1 Å². The molecular weight excluding hydrogens is 666 g/mol. The highest BCUT2D eigenvalue weighted by molar-refractivity contribution is 9.10. The van der Waals surface area contributed by atoms with Crippen LogP contribution in [0.2, 0.25) is 5.02 Å². The van der Waals surface area contributed by atoms with Crippen molar-refractivity contribution in [3.05, 3.63) is 125 Å². The monoisotopic (exact) mass is 685 g/mol. The third-order valence-corrected chi connectivity index (χ3v) is 11.2. The quantitative estimate of drug-likeness (QED) is 0.221. The highest BCUT2D eigenvalue weighted by Gasteiger charge is 2.47. The van der Waals surface area contributed by atoms with Crippen molar-refractivity contribution < 1.29 is 9.59 Å². The number of thioether (sulfide) groups is 2. The van der Waals surface area contributed by atoms with Gasteiger partial charge in [-0.2, -0.15) is 0 Å². The fourth-order valence-corrected chi connectivity index (χ4v) is 8.71. The molecular formula is C30H22Br2ClNO2S2. The standard InChI is InChI=1S/C30H22Br2ClNO2S2/c31-19-7-1-16(2-8-19)22-15-23(35)25(30-37-13-14-38-30)29(36)26-24(17-3-9-20(32)10-4-17)27(34-28(22)26)18-5-11-21(33)12-6-18/h1-12,22,24,27,34H,13-15H2/t22-,24+,27-/m1/s1. The Balaban J connectivity index is 1.58. The van der Waals surface area contributed by atoms with E-state index < -0.39 is 0 Å². The highest BCUT2D eigenvalue weighted by atomic mass is 79.9. The third kappa shape index (κ3) is 4.97. The van der Waals surface area contributed by atoms with Gasteiger partial charge in [0.15, 0.2) is 11.6 Å². The zero-order chi connectivity index (χ0) is 26.4. The average molecular weight is 688 g/mol. The molecule has 0 saturated carbocycles. The number of ketones is 2. The minimum absolute atomic E-state index is 0.0754. The summed E-state index contributed by atoms with van der Waals surface area (Å²) in [4.78, 5) is 28.3. The molecule has 1 aliphatic carbocycles. The summed E-state index contributed by atoms with van der Waals surface area (Å²) in [6, 6.07) is 23.8. The van der Waals surface area contributed by atoms with E-state index in [1.54, 1.807) is 23.5 Å². The molecule has 3 aromatic carbocycles. The van der Waals surface area contributed by atoms with Crippen LogP contribution >= 0.6 is 67.0 Å². The Morgan fingerprint density at radius 2 is 1.32 bits per heavy atom. The summed E-state index contributed by atoms with van der Waals surface area (Å²) in [6.07, 6.45) is 0.250. The summed E-state index contributed by atoms with van der Waals surface area (Å²) in [5, 5.41) is 4.43. The lowest BCUT2D eigenvalue weighted by Gasteiger charge is -2.25. The van der Waals surface area contributed by atoms with Gasteiger partial charge in [0, 0.05) is 55.0 Å². The molecule has 6 rings (SSSR count). The van der Waals surface area contributed by atoms with Crippen LogP contribution in [0, 0.1) is 0 Å². The van der Waals surface area contributed by atoms with Crippen LogP contribution in [0.25, 0.3) is 0 Å². The number of rotatable bonds is 3. The van der Waals surface area contributed by atoms with Crippen molar-refractivity contribution in [1.29, 1.82) is 0 Å². The van der Waals surface area contributed by atoms with E-state index in [4.69, 9.17) is 11.6 Å². The van der Waals surface area contributed by atoms with Crippen molar-refractivity contribution in [2.75, 3.05) is 11.5 Å². The highest BCUT2D eigenvalue weighted by Crippen LogP contribution is 2.52. The van der Waals surface area contributed by atoms with Gasteiger partial charge in [-0.3, -0.25) is 9.59 Å². The molecule has 0 bridgehead atoms. The fraction of sp³-hybridized carbons (Fsp3) is 0.200. The third-order valence-electron chi connectivity index (χ3n) is 7.22. The second kappa shape index (κ2) is 11.0. The van der Waals surface area contributed by atoms with Crippen LogP contribution in [0.3, 0.4) is 0 Å². The minimum atomic E-state index is -0.261. The molecule has 3 aromatic rings. The van der Waals surface area contributed by atoms with Gasteiger partial charge >= 0.3 is 0 Å². The predicted molar refractivity (Wildman–Crippen MR) is 165 cm³/mol. The number of carbonyl (C=O) groups excluding carboxylic acids is 2. The van der Waals surface area contributed by atoms with Gasteiger partial charge in [-0.15, -0.1) is 23.5 Å². The minimum Gasteiger partial charge on any atom is -0.380 e. The Kier molecular flexibility index (Phi) is 7.66. The largest absolute Gasteiger partial charge is 0.380 e. The Morgan fingerprint density at radius 1 is 0.763 bits per heavy atom. The summed E-state index contributed by atoms with van der Waals surface area (Å²) in [7, 11) is 0. The fourth-order valence-electron chi connectivity index (χ4n) is 5.48. The predicted octanol–water partition coefficient (Wildman–Crippen LogP) is 8.56. The number of halogens is 3. The maximum absolute atomic E-state index is 14.5. The van der Waals surface area contributed by atoms with Crippen molar-refractivity contribution >= 4 is 78.6 Å². The van der Waals surface area contributed by atoms with E-state index in [-0.39, 0.29) is 35.9 Å². The van der Waals surface area contributed by atoms with Crippen LogP contribution in [0.15, 0.2) is 103 Å². The Labute approximate surface area is 252 Å². The van der Waals surface area contributed by atoms with Gasteiger partial charge < -0.3 is 5.32 Å². The lowest BCUT2D eigenvalue weighted by atomic mass is 9.81. The smallest absolute Gasteiger partial charge is 0.196 e. The number of allylic oxidation sites excluding steroid dienone is 2. The lowest BCUT2D eigenvalue weighted by Crippen LogP contribution is -2.24. The molecule has 2 heterocycles. The second-order valence-corrected chi connectivity index (χ2v) is 14.2. The van der Waals surface area contributed by atoms with Crippen molar-refractivity contribution in [3.8, 4) is 0 Å². The Bertz CT molecular complexity index is 1480. The second-order valence-electron chi connectivity index (χ2n) is 9.45. The summed E-state index contributed by atoms with van der Waals surface area (Å²) < 4.78 is 2.81. The first kappa shape index (κ1) is 26.5. The lowest BCUT2D eigenvalue weighted by molar-refractivity contribution is -0.119. The molecule has 3 atom stereocenters. The topological polar surface area (TPSA) is 46.2 Å². The molecule has 0 radical (unpaired) electrons. The van der Waals surface area contributed by atoms with Crippen molar-refractivity contribution in [3.63, 3.8) is 0 Å². The normalized spacial score (nSPS) is 23.5. The molecule has 192 valence electrons. The molecule has 0 unspecified atom stereocenters. The number of hydrogen-bond acceptors (Lipinski definition) is 5. The first-order valence-corrected chi connectivity index (χ1v) is 16.2. The van der Waals surface area contributed by atoms with E-state index in [1.165, 1.54) is 0 Å². The molecule has 2 aliphatic heterocycles. The first-order valence-electron chi connectivity index (χ1n) is 12.3. The maximum Gasteiger partial charge on any atom is 0.196 e. The number of nitrogens with one attached hydrogen (secondary N) is 1. The zero-order valence-corrected chi connectivity index (χ0v) is 25.6. The van der Waals surface area contributed by atoms with Crippen LogP contribution in [0.1, 0.15) is 41.0 Å². The number of benzene rings is 3. The molecule has 1 fully saturated rings. The SMILES string of the molecule is O=C1C[C@H](c2ccc(Br)cc2)C2=C(C(=O)C1=C1SCCS1)[C@H](c1ccc(Br)cc1)[C@@H](c1ccc(Cl)cc1)N2. The van der Waals surface area contributed by atoms with Crippen LogP contribution < -0.4 is 5.32 Å². The van der Waals surface area contributed by atoms with Gasteiger partial charge in [0.1, 0.15) is 0 Å². The maximum atomic E-state index is 14.5. The van der Waals surface area contributed by atoms with Crippen LogP contribution in [-0.4, -0.2) is 23.1 Å². The molecule has 0 spiro atoms. The van der Waals surface area contributed by atoms with E-state index in [9.17, 15) is 9.59 Å². The van der Waals surface area contributed by atoms with Gasteiger partial charge in [0.2, 0.25) is 0 Å². The molecule has 3 nitrogen and oxygen atoms in total. The van der Waals surface area contributed by atoms with Crippen molar-refractivity contribution in [1.82, 2.24) is 5.32 Å². The number of hydrogen-bond donors (Lipinski definition) is 1. The van der Waals surface area contributed by atoms with Crippen LogP contribution in [-0.2, 0) is 9.59 Å². The van der Waals surface area contributed by atoms with Crippen molar-refractivity contribution in [2.24, 2.45) is 0 Å². The Hall–Kier alpha value is -1.77. The first-order chi connectivity index (χ1) is 18.4. The van der Waals surface area contributed by atoms with E-state index >= 15 is 0 Å². The molecule has 38 heavy (non-hydrogen) atoms. The van der Waals surface area contributed by atoms with E-state index in [0.29, 0.717) is 16.2 Å². The zero-order valence-electron chi connectivity index (χ0n) is 20.0. The number of Topliss-reactive ketones (excluding diaryl/α,β-unsaturated/α-hetero) is 2. The molecule has 1 N–H and O–H groups in total. The van der Waals surface area contributed by atoms with E-state index in [2.05, 4.69) is 49.3 Å². The van der Waals surface area contributed by atoms with Crippen molar-refractivity contribution in [2.45, 2.75) is 24.3 Å². The summed E-state index contributed by atoms with van der Waals surface area (Å²) in [5.74, 6) is 1.09. The van der Waals surface area contributed by atoms with Gasteiger partial charge in [0.25, 0.3) is 0 Å². The molecule has 8 heteroatoms. The van der Waals surface area contributed by atoms with Gasteiger partial charge in [-0.25, -0.2) is 0 Å². The van der Waals surface area contributed by atoms with Crippen LogP contribution in [0.4, 0.5) is 0 Å². The number of carbonyl (C=O) groups is 2. The Morgan fingerprint density at radius 3 is 1.92 bits per heavy atom.